The number of alkyl halides is 3. The summed E-state index contributed by atoms with van der Waals surface area (Å²) < 4.78 is 46.8. The maximum Gasteiger partial charge on any atom is 0.573 e. The molecule has 0 aromatic heterocycles. The van der Waals surface area contributed by atoms with Crippen LogP contribution in [0.15, 0.2) is 66.7 Å². The predicted octanol–water partition coefficient (Wildman–Crippen LogP) is 6.16. The summed E-state index contributed by atoms with van der Waals surface area (Å²) in [7, 11) is 0. The van der Waals surface area contributed by atoms with Crippen LogP contribution in [0.1, 0.15) is 23.1 Å². The van der Waals surface area contributed by atoms with E-state index in [1.807, 2.05) is 31.2 Å². The number of carboxylic acids is 1. The van der Waals surface area contributed by atoms with Crippen LogP contribution in [0.25, 0.3) is 11.1 Å². The highest BCUT2D eigenvalue weighted by atomic mass is 19.4. The lowest BCUT2D eigenvalue weighted by atomic mass is 10.00. The van der Waals surface area contributed by atoms with Gasteiger partial charge in [-0.1, -0.05) is 48.0 Å². The highest BCUT2D eigenvalue weighted by Crippen LogP contribution is 2.31. The molecule has 0 radical (unpaired) electrons. The van der Waals surface area contributed by atoms with Crippen LogP contribution in [0, 0.1) is 6.92 Å². The van der Waals surface area contributed by atoms with E-state index in [9.17, 15) is 18.0 Å². The largest absolute Gasteiger partial charge is 0.573 e. The number of hydrogen-bond donors (Lipinski definition) is 1. The summed E-state index contributed by atoms with van der Waals surface area (Å²) in [5, 5.41) is 9.06. The van der Waals surface area contributed by atoms with E-state index in [0.717, 1.165) is 16.7 Å². The van der Waals surface area contributed by atoms with E-state index in [2.05, 4.69) is 4.74 Å². The standard InChI is InChI=1S/C24H21F3O4/c1-16-2-4-17(5-3-16)15-30-22-12-8-19(14-20(22)9-13-23(28)29)18-6-10-21(11-7-18)31-24(25,26)27/h2-8,10-12,14H,9,13,15H2,1H3,(H,28,29). The van der Waals surface area contributed by atoms with E-state index in [0.29, 0.717) is 23.5 Å². The third kappa shape index (κ3) is 6.77. The quantitative estimate of drug-likeness (QED) is 0.465. The van der Waals surface area contributed by atoms with Gasteiger partial charge >= 0.3 is 12.3 Å². The van der Waals surface area contributed by atoms with Crippen LogP contribution in [0.3, 0.4) is 0 Å². The summed E-state index contributed by atoms with van der Waals surface area (Å²) in [6, 6.07) is 18.7. The first-order valence-corrected chi connectivity index (χ1v) is 9.59. The molecule has 4 nitrogen and oxygen atoms in total. The lowest BCUT2D eigenvalue weighted by Gasteiger charge is -2.14. The zero-order valence-electron chi connectivity index (χ0n) is 16.8. The number of aliphatic carboxylic acids is 1. The Morgan fingerprint density at radius 2 is 1.58 bits per heavy atom. The van der Waals surface area contributed by atoms with Crippen molar-refractivity contribution in [2.45, 2.75) is 32.7 Å². The summed E-state index contributed by atoms with van der Waals surface area (Å²) in [6.07, 6.45) is -4.55. The van der Waals surface area contributed by atoms with Gasteiger partial charge in [-0.15, -0.1) is 13.2 Å². The maximum absolute atomic E-state index is 12.3. The molecular formula is C24H21F3O4. The van der Waals surface area contributed by atoms with Crippen molar-refractivity contribution in [3.63, 3.8) is 0 Å². The van der Waals surface area contributed by atoms with E-state index in [4.69, 9.17) is 9.84 Å². The number of benzene rings is 3. The topological polar surface area (TPSA) is 55.8 Å². The molecule has 0 atom stereocenters. The lowest BCUT2D eigenvalue weighted by Crippen LogP contribution is -2.16. The monoisotopic (exact) mass is 430 g/mol. The minimum Gasteiger partial charge on any atom is -0.489 e. The van der Waals surface area contributed by atoms with Crippen molar-refractivity contribution in [2.75, 3.05) is 0 Å². The molecular weight excluding hydrogens is 409 g/mol. The van der Waals surface area contributed by atoms with Crippen LogP contribution in [0.2, 0.25) is 0 Å². The molecule has 0 fully saturated rings. The van der Waals surface area contributed by atoms with Gasteiger partial charge in [0.05, 0.1) is 0 Å². The van der Waals surface area contributed by atoms with Gasteiger partial charge in [0.15, 0.2) is 0 Å². The lowest BCUT2D eigenvalue weighted by molar-refractivity contribution is -0.274. The SMILES string of the molecule is Cc1ccc(COc2ccc(-c3ccc(OC(F)(F)F)cc3)cc2CCC(=O)O)cc1. The van der Waals surface area contributed by atoms with Crippen molar-refractivity contribution in [1.29, 1.82) is 0 Å². The van der Waals surface area contributed by atoms with Gasteiger partial charge in [0.2, 0.25) is 0 Å². The van der Waals surface area contributed by atoms with Crippen LogP contribution < -0.4 is 9.47 Å². The molecule has 3 aromatic rings. The molecule has 31 heavy (non-hydrogen) atoms. The molecule has 0 aliphatic rings. The van der Waals surface area contributed by atoms with Gasteiger partial charge in [-0.2, -0.15) is 0 Å². The predicted molar refractivity (Wildman–Crippen MR) is 110 cm³/mol. The van der Waals surface area contributed by atoms with Crippen molar-refractivity contribution in [1.82, 2.24) is 0 Å². The molecule has 0 unspecified atom stereocenters. The van der Waals surface area contributed by atoms with Crippen LogP contribution in [-0.4, -0.2) is 17.4 Å². The Morgan fingerprint density at radius 1 is 0.935 bits per heavy atom. The van der Waals surface area contributed by atoms with Gasteiger partial charge in [0.1, 0.15) is 18.1 Å². The number of rotatable bonds is 8. The number of ether oxygens (including phenoxy) is 2. The van der Waals surface area contributed by atoms with E-state index in [1.165, 1.54) is 24.3 Å². The highest BCUT2D eigenvalue weighted by Gasteiger charge is 2.30. The molecule has 0 amide bonds. The number of halogens is 3. The van der Waals surface area contributed by atoms with Gasteiger partial charge in [0.25, 0.3) is 0 Å². The average molecular weight is 430 g/mol. The fourth-order valence-corrected chi connectivity index (χ4v) is 3.03. The molecule has 7 heteroatoms. The van der Waals surface area contributed by atoms with Crippen LogP contribution >= 0.6 is 0 Å². The first-order valence-electron chi connectivity index (χ1n) is 9.59. The number of hydrogen-bond acceptors (Lipinski definition) is 3. The smallest absolute Gasteiger partial charge is 0.489 e. The Morgan fingerprint density at radius 3 is 2.19 bits per heavy atom. The summed E-state index contributed by atoms with van der Waals surface area (Å²) in [5.74, 6) is -0.661. The second-order valence-electron chi connectivity index (χ2n) is 7.06. The summed E-state index contributed by atoms with van der Waals surface area (Å²) in [5.41, 5.74) is 4.25. The van der Waals surface area contributed by atoms with Crippen LogP contribution in [-0.2, 0) is 17.8 Å². The van der Waals surface area contributed by atoms with Crippen LogP contribution in [0.4, 0.5) is 13.2 Å². The zero-order valence-corrected chi connectivity index (χ0v) is 16.8. The maximum atomic E-state index is 12.3. The molecule has 0 spiro atoms. The molecule has 0 aliphatic carbocycles. The first-order chi connectivity index (χ1) is 14.7. The fraction of sp³-hybridized carbons (Fsp3) is 0.208. The van der Waals surface area contributed by atoms with E-state index in [1.54, 1.807) is 18.2 Å². The Balaban J connectivity index is 1.81. The molecule has 3 aromatic carbocycles. The Labute approximate surface area is 177 Å². The summed E-state index contributed by atoms with van der Waals surface area (Å²) >= 11 is 0. The Hall–Kier alpha value is -3.48. The van der Waals surface area contributed by atoms with Crippen molar-refractivity contribution in [2.24, 2.45) is 0 Å². The molecule has 0 aliphatic heterocycles. The van der Waals surface area contributed by atoms with E-state index in [-0.39, 0.29) is 18.6 Å². The Kier molecular flexibility index (Phi) is 6.84. The molecule has 0 heterocycles. The number of aryl methyl sites for hydroxylation is 2. The van der Waals surface area contributed by atoms with Crippen LogP contribution in [0.5, 0.6) is 11.5 Å². The second-order valence-corrected chi connectivity index (χ2v) is 7.06. The van der Waals surface area contributed by atoms with Crippen molar-refractivity contribution < 1.29 is 32.5 Å². The third-order valence-corrected chi connectivity index (χ3v) is 4.60. The summed E-state index contributed by atoms with van der Waals surface area (Å²) in [4.78, 5) is 11.1. The molecule has 0 bridgehead atoms. The fourth-order valence-electron chi connectivity index (χ4n) is 3.03. The number of carbonyl (C=O) groups is 1. The van der Waals surface area contributed by atoms with Gasteiger partial charge in [-0.05, 0) is 59.9 Å². The van der Waals surface area contributed by atoms with E-state index >= 15 is 0 Å². The van der Waals surface area contributed by atoms with Gasteiger partial charge in [0, 0.05) is 6.42 Å². The van der Waals surface area contributed by atoms with Crippen molar-refractivity contribution >= 4 is 5.97 Å². The molecule has 0 saturated heterocycles. The number of carboxylic acid groups (broad SMARTS) is 1. The molecule has 3 rings (SSSR count). The second kappa shape index (κ2) is 9.55. The van der Waals surface area contributed by atoms with Crippen molar-refractivity contribution in [3.8, 4) is 22.6 Å². The van der Waals surface area contributed by atoms with Crippen molar-refractivity contribution in [3.05, 3.63) is 83.4 Å². The minimum absolute atomic E-state index is 0.0668. The molecule has 1 N–H and O–H groups in total. The van der Waals surface area contributed by atoms with Gasteiger partial charge in [-0.3, -0.25) is 4.79 Å². The summed E-state index contributed by atoms with van der Waals surface area (Å²) in [6.45, 7) is 2.33. The van der Waals surface area contributed by atoms with Gasteiger partial charge < -0.3 is 14.6 Å². The zero-order chi connectivity index (χ0) is 22.4. The molecule has 0 saturated carbocycles. The van der Waals surface area contributed by atoms with Gasteiger partial charge in [-0.25, -0.2) is 0 Å². The molecule has 162 valence electrons. The van der Waals surface area contributed by atoms with E-state index < -0.39 is 12.3 Å². The Bertz CT molecular complexity index is 1030. The average Bonchev–Trinajstić information content (AvgIpc) is 2.71. The normalized spacial score (nSPS) is 11.2. The minimum atomic E-state index is -4.75. The third-order valence-electron chi connectivity index (χ3n) is 4.60. The first kappa shape index (κ1) is 22.2. The highest BCUT2D eigenvalue weighted by molar-refractivity contribution is 5.69.